The quantitative estimate of drug-likeness (QED) is 0.578. The lowest BCUT2D eigenvalue weighted by molar-refractivity contribution is -0.116. The second-order valence-electron chi connectivity index (χ2n) is 6.96. The van der Waals surface area contributed by atoms with E-state index in [1.54, 1.807) is 0 Å². The van der Waals surface area contributed by atoms with Crippen molar-refractivity contribution in [2.45, 2.75) is 51.4 Å². The first kappa shape index (κ1) is 17.9. The van der Waals surface area contributed by atoms with Gasteiger partial charge in [-0.2, -0.15) is 0 Å². The van der Waals surface area contributed by atoms with Crippen LogP contribution in [0.4, 0.5) is 4.79 Å². The molecule has 0 bridgehead atoms. The van der Waals surface area contributed by atoms with E-state index in [9.17, 15) is 9.59 Å². The minimum atomic E-state index is -1.89. The SMILES string of the molecule is C=CCOC(=O)N1CC(=O)C[C@H]1CO[Si](C)(C)C(C)(C)C. The van der Waals surface area contributed by atoms with Crippen molar-refractivity contribution < 1.29 is 18.8 Å². The van der Waals surface area contributed by atoms with Crippen molar-refractivity contribution in [1.29, 1.82) is 0 Å². The maximum absolute atomic E-state index is 11.9. The van der Waals surface area contributed by atoms with Gasteiger partial charge in [-0.1, -0.05) is 33.4 Å². The van der Waals surface area contributed by atoms with Gasteiger partial charge >= 0.3 is 6.09 Å². The normalized spacial score (nSPS) is 19.8. The third-order valence-electron chi connectivity index (χ3n) is 4.25. The number of rotatable bonds is 5. The predicted octanol–water partition coefficient (Wildman–Crippen LogP) is 2.97. The molecule has 1 fully saturated rings. The zero-order valence-corrected chi connectivity index (χ0v) is 14.8. The van der Waals surface area contributed by atoms with E-state index in [2.05, 4.69) is 40.4 Å². The lowest BCUT2D eigenvalue weighted by atomic mass is 10.2. The fraction of sp³-hybridized carbons (Fsp3) is 0.733. The van der Waals surface area contributed by atoms with Crippen LogP contribution in [0.25, 0.3) is 0 Å². The Hall–Kier alpha value is -1.14. The summed E-state index contributed by atoms with van der Waals surface area (Å²) in [6.45, 7) is 15.0. The number of hydrogen-bond acceptors (Lipinski definition) is 4. The van der Waals surface area contributed by atoms with Crippen LogP contribution in [0.3, 0.4) is 0 Å². The molecule has 1 aliphatic heterocycles. The highest BCUT2D eigenvalue weighted by molar-refractivity contribution is 6.74. The molecular weight excluding hydrogens is 286 g/mol. The predicted molar refractivity (Wildman–Crippen MR) is 84.8 cm³/mol. The Morgan fingerprint density at radius 1 is 1.48 bits per heavy atom. The van der Waals surface area contributed by atoms with Crippen LogP contribution >= 0.6 is 0 Å². The van der Waals surface area contributed by atoms with Crippen LogP contribution in [0, 0.1) is 0 Å². The average molecular weight is 313 g/mol. The van der Waals surface area contributed by atoms with Crippen molar-refractivity contribution in [3.05, 3.63) is 12.7 Å². The van der Waals surface area contributed by atoms with Crippen molar-refractivity contribution in [2.24, 2.45) is 0 Å². The lowest BCUT2D eigenvalue weighted by Crippen LogP contribution is -2.46. The number of Topliss-reactive ketones (excluding diaryl/α,β-unsaturated/α-hetero) is 1. The highest BCUT2D eigenvalue weighted by Gasteiger charge is 2.40. The summed E-state index contributed by atoms with van der Waals surface area (Å²) in [6.07, 6.45) is 1.39. The first-order chi connectivity index (χ1) is 9.58. The zero-order valence-electron chi connectivity index (χ0n) is 13.8. The Morgan fingerprint density at radius 2 is 2.10 bits per heavy atom. The number of likely N-dealkylation sites (tertiary alicyclic amines) is 1. The number of nitrogens with zero attached hydrogens (tertiary/aromatic N) is 1. The van der Waals surface area contributed by atoms with E-state index in [1.807, 2.05) is 0 Å². The van der Waals surface area contributed by atoms with Gasteiger partial charge in [0.25, 0.3) is 0 Å². The van der Waals surface area contributed by atoms with Gasteiger partial charge in [0.05, 0.1) is 19.2 Å². The molecule has 21 heavy (non-hydrogen) atoms. The van der Waals surface area contributed by atoms with Gasteiger partial charge in [0.15, 0.2) is 14.1 Å². The van der Waals surface area contributed by atoms with E-state index in [4.69, 9.17) is 9.16 Å². The maximum Gasteiger partial charge on any atom is 0.410 e. The molecule has 1 heterocycles. The number of hydrogen-bond donors (Lipinski definition) is 0. The van der Waals surface area contributed by atoms with Gasteiger partial charge in [-0.05, 0) is 18.1 Å². The van der Waals surface area contributed by atoms with E-state index < -0.39 is 14.4 Å². The summed E-state index contributed by atoms with van der Waals surface area (Å²) in [4.78, 5) is 25.1. The molecule has 0 aromatic rings. The molecule has 0 unspecified atom stereocenters. The monoisotopic (exact) mass is 313 g/mol. The molecule has 1 saturated heterocycles. The fourth-order valence-electron chi connectivity index (χ4n) is 1.85. The molecule has 0 radical (unpaired) electrons. The third-order valence-corrected chi connectivity index (χ3v) is 8.75. The molecule has 120 valence electrons. The average Bonchev–Trinajstić information content (AvgIpc) is 2.73. The van der Waals surface area contributed by atoms with Crippen LogP contribution in [-0.4, -0.2) is 50.9 Å². The van der Waals surface area contributed by atoms with Gasteiger partial charge in [-0.15, -0.1) is 0 Å². The molecule has 0 aromatic heterocycles. The second-order valence-corrected chi connectivity index (χ2v) is 11.8. The van der Waals surface area contributed by atoms with Crippen LogP contribution in [0.15, 0.2) is 12.7 Å². The minimum Gasteiger partial charge on any atom is -0.445 e. The third kappa shape index (κ3) is 4.67. The molecule has 0 spiro atoms. The minimum absolute atomic E-state index is 0.0504. The smallest absolute Gasteiger partial charge is 0.410 e. The summed E-state index contributed by atoms with van der Waals surface area (Å²) in [5.74, 6) is 0.0504. The first-order valence-corrected chi connectivity index (χ1v) is 10.2. The Morgan fingerprint density at radius 3 is 2.62 bits per heavy atom. The van der Waals surface area contributed by atoms with E-state index in [0.29, 0.717) is 13.0 Å². The molecule has 1 aliphatic rings. The Balaban J connectivity index is 2.65. The number of carbonyl (C=O) groups excluding carboxylic acids is 2. The van der Waals surface area contributed by atoms with Gasteiger partial charge in [-0.25, -0.2) is 4.79 Å². The second kappa shape index (κ2) is 6.75. The molecule has 1 rings (SSSR count). The fourth-order valence-corrected chi connectivity index (χ4v) is 2.90. The van der Waals surface area contributed by atoms with Gasteiger partial charge in [0.1, 0.15) is 6.61 Å². The lowest BCUT2D eigenvalue weighted by Gasteiger charge is -2.37. The van der Waals surface area contributed by atoms with Crippen molar-refractivity contribution in [2.75, 3.05) is 19.8 Å². The van der Waals surface area contributed by atoms with Crippen LogP contribution in [0.5, 0.6) is 0 Å². The Kier molecular flexibility index (Phi) is 5.75. The number of ether oxygens (including phenoxy) is 1. The molecule has 0 N–H and O–H groups in total. The summed E-state index contributed by atoms with van der Waals surface area (Å²) in [5.41, 5.74) is 0. The molecule has 6 heteroatoms. The highest BCUT2D eigenvalue weighted by Crippen LogP contribution is 2.37. The molecule has 0 saturated carbocycles. The maximum atomic E-state index is 11.9. The van der Waals surface area contributed by atoms with E-state index in [0.717, 1.165) is 0 Å². The molecule has 5 nitrogen and oxygen atoms in total. The molecule has 0 aliphatic carbocycles. The zero-order chi connectivity index (χ0) is 16.3. The number of ketones is 1. The summed E-state index contributed by atoms with van der Waals surface area (Å²) >= 11 is 0. The highest BCUT2D eigenvalue weighted by atomic mass is 28.4. The van der Waals surface area contributed by atoms with Crippen LogP contribution in [0.2, 0.25) is 18.1 Å². The topological polar surface area (TPSA) is 55.8 Å². The van der Waals surface area contributed by atoms with Crippen molar-refractivity contribution >= 4 is 20.2 Å². The van der Waals surface area contributed by atoms with Crippen molar-refractivity contribution in [1.82, 2.24) is 4.90 Å². The first-order valence-electron chi connectivity index (χ1n) is 7.28. The van der Waals surface area contributed by atoms with Crippen LogP contribution in [-0.2, 0) is 14.0 Å². The summed E-state index contributed by atoms with van der Waals surface area (Å²) in [5, 5.41) is 0.101. The molecule has 0 aromatic carbocycles. The Labute approximate surface area is 128 Å². The van der Waals surface area contributed by atoms with E-state index in [1.165, 1.54) is 11.0 Å². The van der Waals surface area contributed by atoms with Crippen LogP contribution in [0.1, 0.15) is 27.2 Å². The number of amides is 1. The molecule has 1 atom stereocenters. The Bertz CT molecular complexity index is 414. The standard InChI is InChI=1S/C15H27NO4Si/c1-7-8-19-14(18)16-10-13(17)9-12(16)11-20-21(5,6)15(2,3)4/h7,12H,1,8-11H2,2-6H3/t12-/m0/s1. The van der Waals surface area contributed by atoms with Crippen molar-refractivity contribution in [3.63, 3.8) is 0 Å². The summed E-state index contributed by atoms with van der Waals surface area (Å²) < 4.78 is 11.2. The molecule has 1 amide bonds. The van der Waals surface area contributed by atoms with Crippen molar-refractivity contribution in [3.8, 4) is 0 Å². The van der Waals surface area contributed by atoms with E-state index in [-0.39, 0.29) is 30.0 Å². The largest absolute Gasteiger partial charge is 0.445 e. The number of carbonyl (C=O) groups is 2. The van der Waals surface area contributed by atoms with Gasteiger partial charge in [0.2, 0.25) is 0 Å². The summed E-state index contributed by atoms with van der Waals surface area (Å²) in [6, 6.07) is -0.219. The van der Waals surface area contributed by atoms with Crippen LogP contribution < -0.4 is 0 Å². The summed E-state index contributed by atoms with van der Waals surface area (Å²) in [7, 11) is -1.89. The van der Waals surface area contributed by atoms with Gasteiger partial charge in [0, 0.05) is 6.42 Å². The van der Waals surface area contributed by atoms with Gasteiger partial charge in [-0.3, -0.25) is 9.69 Å². The van der Waals surface area contributed by atoms with Gasteiger partial charge < -0.3 is 9.16 Å². The van der Waals surface area contributed by atoms with E-state index >= 15 is 0 Å². The molecular formula is C15H27NO4Si.